The van der Waals surface area contributed by atoms with Gasteiger partial charge in [-0.25, -0.2) is 5.43 Å². The molecule has 2 aromatic carbocycles. The second-order valence-corrected chi connectivity index (χ2v) is 7.29. The van der Waals surface area contributed by atoms with Gasteiger partial charge in [0.1, 0.15) is 5.75 Å². The van der Waals surface area contributed by atoms with Crippen molar-refractivity contribution in [1.29, 1.82) is 0 Å². The smallest absolute Gasteiger partial charge is 0.250 e. The third kappa shape index (κ3) is 5.48. The van der Waals surface area contributed by atoms with Crippen LogP contribution in [0, 0.1) is 6.92 Å². The van der Waals surface area contributed by atoms with Gasteiger partial charge in [-0.05, 0) is 48.4 Å². The van der Waals surface area contributed by atoms with Crippen LogP contribution in [-0.2, 0) is 11.3 Å². The van der Waals surface area contributed by atoms with Gasteiger partial charge in [0.05, 0.1) is 26.0 Å². The van der Waals surface area contributed by atoms with Crippen LogP contribution in [0.3, 0.4) is 0 Å². The topological polar surface area (TPSA) is 128 Å². The highest BCUT2D eigenvalue weighted by Gasteiger charge is 2.16. The van der Waals surface area contributed by atoms with E-state index >= 15 is 0 Å². The number of hydrogen-bond acceptors (Lipinski definition) is 10. The van der Waals surface area contributed by atoms with E-state index in [4.69, 9.17) is 4.74 Å². The minimum Gasteiger partial charge on any atom is -0.508 e. The molecule has 0 saturated carbocycles. The van der Waals surface area contributed by atoms with Crippen molar-refractivity contribution in [2.24, 2.45) is 5.10 Å². The second-order valence-electron chi connectivity index (χ2n) is 7.29. The molecule has 1 aliphatic rings. The van der Waals surface area contributed by atoms with Gasteiger partial charge in [0, 0.05) is 24.3 Å². The lowest BCUT2D eigenvalue weighted by Crippen LogP contribution is -2.37. The summed E-state index contributed by atoms with van der Waals surface area (Å²) >= 11 is 0. The molecule has 166 valence electrons. The lowest BCUT2D eigenvalue weighted by Gasteiger charge is -2.27. The summed E-state index contributed by atoms with van der Waals surface area (Å²) in [5, 5.41) is 26.4. The molecule has 1 aromatic heterocycles. The Morgan fingerprint density at radius 2 is 1.91 bits per heavy atom. The number of phenols is 1. The number of benzene rings is 2. The molecule has 10 heteroatoms. The van der Waals surface area contributed by atoms with Crippen LogP contribution in [0.25, 0.3) is 0 Å². The lowest BCUT2D eigenvalue weighted by atomic mass is 10.1. The molecule has 4 N–H and O–H groups in total. The van der Waals surface area contributed by atoms with Gasteiger partial charge < -0.3 is 25.2 Å². The third-order valence-corrected chi connectivity index (χ3v) is 4.84. The summed E-state index contributed by atoms with van der Waals surface area (Å²) in [4.78, 5) is 15.5. The quantitative estimate of drug-likeness (QED) is 0.327. The number of hydrazone groups is 1. The Hall–Kier alpha value is -3.76. The average molecular weight is 435 g/mol. The number of aromatic nitrogens is 3. The van der Waals surface area contributed by atoms with Gasteiger partial charge in [-0.3, -0.25) is 0 Å². The minimum atomic E-state index is -0.259. The van der Waals surface area contributed by atoms with E-state index in [1.807, 2.05) is 36.1 Å². The first kappa shape index (κ1) is 21.5. The van der Waals surface area contributed by atoms with Crippen molar-refractivity contribution in [2.45, 2.75) is 13.5 Å². The number of hydrogen-bond donors (Lipinski definition) is 4. The van der Waals surface area contributed by atoms with Crippen LogP contribution in [0.5, 0.6) is 5.75 Å². The maximum atomic E-state index is 9.69. The Kier molecular flexibility index (Phi) is 6.73. The Bertz CT molecular complexity index is 1100. The van der Waals surface area contributed by atoms with E-state index in [-0.39, 0.29) is 18.3 Å². The van der Waals surface area contributed by atoms with Gasteiger partial charge in [-0.1, -0.05) is 12.1 Å². The molecule has 0 aliphatic carbocycles. The zero-order chi connectivity index (χ0) is 22.3. The Balaban J connectivity index is 1.56. The van der Waals surface area contributed by atoms with Crippen LogP contribution in [0.4, 0.5) is 23.5 Å². The molecule has 2 heterocycles. The van der Waals surface area contributed by atoms with Crippen molar-refractivity contribution in [2.75, 3.05) is 41.9 Å². The van der Waals surface area contributed by atoms with E-state index in [0.717, 1.165) is 11.3 Å². The van der Waals surface area contributed by atoms with Crippen molar-refractivity contribution in [1.82, 2.24) is 15.0 Å². The predicted octanol–water partition coefficient (Wildman–Crippen LogP) is 2.40. The number of morpholine rings is 1. The van der Waals surface area contributed by atoms with Crippen LogP contribution in [-0.4, -0.2) is 57.7 Å². The molecular weight excluding hydrogens is 410 g/mol. The molecule has 1 saturated heterocycles. The van der Waals surface area contributed by atoms with E-state index in [1.165, 1.54) is 6.07 Å². The Morgan fingerprint density at radius 3 is 2.69 bits per heavy atom. The number of ether oxygens (including phenoxy) is 1. The first-order chi connectivity index (χ1) is 15.6. The van der Waals surface area contributed by atoms with Crippen LogP contribution in [0.1, 0.15) is 16.7 Å². The number of nitrogens with zero attached hydrogens (tertiary/aromatic N) is 5. The number of aryl methyl sites for hydroxylation is 1. The molecule has 1 fully saturated rings. The van der Waals surface area contributed by atoms with Gasteiger partial charge in [0.15, 0.2) is 0 Å². The molecule has 0 bridgehead atoms. The molecule has 3 aromatic rings. The molecule has 0 radical (unpaired) electrons. The summed E-state index contributed by atoms with van der Waals surface area (Å²) in [6, 6.07) is 12.8. The molecule has 0 atom stereocenters. The third-order valence-electron chi connectivity index (χ3n) is 4.84. The van der Waals surface area contributed by atoms with Crippen LogP contribution < -0.4 is 15.6 Å². The normalized spacial score (nSPS) is 14.0. The minimum absolute atomic E-state index is 0.0390. The SMILES string of the molecule is Cc1cccc(Nc2nc(N/N=C/c3ccc(O)c(CO)c3)nc(N3CCOCC3)n2)c1. The fraction of sp³-hybridized carbons (Fsp3) is 0.273. The van der Waals surface area contributed by atoms with Crippen LogP contribution >= 0.6 is 0 Å². The van der Waals surface area contributed by atoms with Crippen molar-refractivity contribution in [3.05, 3.63) is 59.2 Å². The first-order valence-corrected chi connectivity index (χ1v) is 10.2. The second kappa shape index (κ2) is 10.0. The molecule has 0 amide bonds. The van der Waals surface area contributed by atoms with Crippen molar-refractivity contribution in [3.63, 3.8) is 0 Å². The van der Waals surface area contributed by atoms with E-state index in [1.54, 1.807) is 18.3 Å². The monoisotopic (exact) mass is 435 g/mol. The molecule has 0 spiro atoms. The molecule has 0 unspecified atom stereocenters. The number of aliphatic hydroxyl groups excluding tert-OH is 1. The molecule has 32 heavy (non-hydrogen) atoms. The highest BCUT2D eigenvalue weighted by Crippen LogP contribution is 2.20. The van der Waals surface area contributed by atoms with Crippen LogP contribution in [0.15, 0.2) is 47.6 Å². The zero-order valence-corrected chi connectivity index (χ0v) is 17.7. The van der Waals surface area contributed by atoms with Gasteiger partial charge in [0.2, 0.25) is 17.8 Å². The van der Waals surface area contributed by atoms with Gasteiger partial charge in [-0.2, -0.15) is 20.1 Å². The maximum absolute atomic E-state index is 9.69. The summed E-state index contributed by atoms with van der Waals surface area (Å²) in [6.07, 6.45) is 1.56. The van der Waals surface area contributed by atoms with E-state index in [2.05, 4.69) is 30.8 Å². The van der Waals surface area contributed by atoms with Gasteiger partial charge >= 0.3 is 0 Å². The van der Waals surface area contributed by atoms with Crippen molar-refractivity contribution < 1.29 is 14.9 Å². The highest BCUT2D eigenvalue weighted by atomic mass is 16.5. The number of rotatable bonds is 7. The summed E-state index contributed by atoms with van der Waals surface area (Å²) in [5.41, 5.74) is 5.98. The molecule has 10 nitrogen and oxygen atoms in total. The van der Waals surface area contributed by atoms with Crippen molar-refractivity contribution >= 4 is 29.7 Å². The summed E-state index contributed by atoms with van der Waals surface area (Å²) in [6.45, 7) is 4.36. The zero-order valence-electron chi connectivity index (χ0n) is 17.7. The standard InChI is InChI=1S/C22H25N7O3/c1-15-3-2-4-18(11-15)24-20-25-21(27-22(26-20)29-7-9-32-10-8-29)28-23-13-16-5-6-19(31)17(12-16)14-30/h2-6,11-13,30-31H,7-10,14H2,1H3,(H2,24,25,26,27,28)/b23-13+. The molecule has 4 rings (SSSR count). The summed E-state index contributed by atoms with van der Waals surface area (Å²) in [7, 11) is 0. The number of aliphatic hydroxyl groups is 1. The summed E-state index contributed by atoms with van der Waals surface area (Å²) in [5.74, 6) is 1.26. The largest absolute Gasteiger partial charge is 0.508 e. The molecular formula is C22H25N7O3. The number of nitrogens with one attached hydrogen (secondary N) is 2. The maximum Gasteiger partial charge on any atom is 0.250 e. The first-order valence-electron chi connectivity index (χ1n) is 10.2. The number of anilines is 4. The fourth-order valence-corrected chi connectivity index (χ4v) is 3.20. The summed E-state index contributed by atoms with van der Waals surface area (Å²) < 4.78 is 5.43. The lowest BCUT2D eigenvalue weighted by molar-refractivity contribution is 0.122. The van der Waals surface area contributed by atoms with E-state index in [9.17, 15) is 10.2 Å². The number of aromatic hydroxyl groups is 1. The van der Waals surface area contributed by atoms with Crippen LogP contribution in [0.2, 0.25) is 0 Å². The van der Waals surface area contributed by atoms with Gasteiger partial charge in [0.25, 0.3) is 0 Å². The predicted molar refractivity (Wildman–Crippen MR) is 123 cm³/mol. The molecule has 1 aliphatic heterocycles. The Labute approximate surface area is 185 Å². The highest BCUT2D eigenvalue weighted by molar-refractivity contribution is 5.80. The van der Waals surface area contributed by atoms with Crippen molar-refractivity contribution in [3.8, 4) is 5.75 Å². The van der Waals surface area contributed by atoms with E-state index in [0.29, 0.717) is 49.3 Å². The van der Waals surface area contributed by atoms with Gasteiger partial charge in [-0.15, -0.1) is 0 Å². The van der Waals surface area contributed by atoms with E-state index < -0.39 is 0 Å². The fourth-order valence-electron chi connectivity index (χ4n) is 3.20. The average Bonchev–Trinajstić information content (AvgIpc) is 2.80. The Morgan fingerprint density at radius 1 is 1.09 bits per heavy atom.